The van der Waals surface area contributed by atoms with Crippen molar-refractivity contribution in [3.05, 3.63) is 30.1 Å². The van der Waals surface area contributed by atoms with Crippen LogP contribution in [0.4, 0.5) is 10.1 Å². The minimum atomic E-state index is -0.191. The SMILES string of the molecule is CC1CCCCN1CCCCN=C(N)N1CCN(c2ccc(F)cc2)CC1. The maximum absolute atomic E-state index is 13.1. The van der Waals surface area contributed by atoms with Gasteiger partial charge in [-0.25, -0.2) is 4.39 Å². The fourth-order valence-electron chi connectivity index (χ4n) is 4.06. The molecule has 1 atom stereocenters. The van der Waals surface area contributed by atoms with Gasteiger partial charge < -0.3 is 20.4 Å². The molecule has 3 rings (SSSR count). The lowest BCUT2D eigenvalue weighted by molar-refractivity contribution is 0.158. The second-order valence-electron chi connectivity index (χ2n) is 7.78. The number of aliphatic imine (C=N–C) groups is 1. The standard InChI is InChI=1S/C21H34FN5/c1-18-6-2-4-12-25(18)13-5-3-11-24-21(23)27-16-14-26(15-17-27)20-9-7-19(22)8-10-20/h7-10,18H,2-6,11-17H2,1H3,(H2,23,24). The van der Waals surface area contributed by atoms with Gasteiger partial charge in [0, 0.05) is 44.5 Å². The number of likely N-dealkylation sites (tertiary alicyclic amines) is 1. The van der Waals surface area contributed by atoms with Crippen molar-refractivity contribution in [3.63, 3.8) is 0 Å². The largest absolute Gasteiger partial charge is 0.370 e. The average molecular weight is 376 g/mol. The van der Waals surface area contributed by atoms with Crippen molar-refractivity contribution < 1.29 is 4.39 Å². The van der Waals surface area contributed by atoms with E-state index in [1.54, 1.807) is 0 Å². The topological polar surface area (TPSA) is 48.1 Å². The van der Waals surface area contributed by atoms with Gasteiger partial charge in [-0.1, -0.05) is 6.42 Å². The van der Waals surface area contributed by atoms with Gasteiger partial charge in [-0.2, -0.15) is 0 Å². The van der Waals surface area contributed by atoms with E-state index >= 15 is 0 Å². The van der Waals surface area contributed by atoms with Crippen LogP contribution in [0, 0.1) is 5.82 Å². The first-order chi connectivity index (χ1) is 13.1. The van der Waals surface area contributed by atoms with Crippen molar-refractivity contribution in [2.75, 3.05) is 50.7 Å². The van der Waals surface area contributed by atoms with Crippen LogP contribution in [0.3, 0.4) is 0 Å². The average Bonchev–Trinajstić information content (AvgIpc) is 2.69. The summed E-state index contributed by atoms with van der Waals surface area (Å²) in [5, 5.41) is 0. The van der Waals surface area contributed by atoms with E-state index in [0.717, 1.165) is 50.9 Å². The predicted molar refractivity (Wildman–Crippen MR) is 111 cm³/mol. The molecule has 1 aromatic rings. The highest BCUT2D eigenvalue weighted by Gasteiger charge is 2.19. The van der Waals surface area contributed by atoms with Crippen LogP contribution in [0.1, 0.15) is 39.0 Å². The summed E-state index contributed by atoms with van der Waals surface area (Å²) in [6.07, 6.45) is 6.36. The lowest BCUT2D eigenvalue weighted by Gasteiger charge is -2.36. The number of nitrogens with two attached hydrogens (primary N) is 1. The maximum atomic E-state index is 13.1. The Labute approximate surface area is 163 Å². The van der Waals surface area contributed by atoms with Crippen LogP contribution in [-0.4, -0.2) is 67.6 Å². The van der Waals surface area contributed by atoms with Crippen molar-refractivity contribution >= 4 is 11.6 Å². The maximum Gasteiger partial charge on any atom is 0.191 e. The first-order valence-corrected chi connectivity index (χ1v) is 10.4. The Hall–Kier alpha value is -1.82. The molecule has 1 unspecified atom stereocenters. The van der Waals surface area contributed by atoms with Crippen LogP contribution in [0.25, 0.3) is 0 Å². The zero-order chi connectivity index (χ0) is 19.1. The second-order valence-corrected chi connectivity index (χ2v) is 7.78. The molecule has 2 heterocycles. The van der Waals surface area contributed by atoms with Gasteiger partial charge >= 0.3 is 0 Å². The lowest BCUT2D eigenvalue weighted by atomic mass is 10.0. The number of piperidine rings is 1. The van der Waals surface area contributed by atoms with E-state index in [9.17, 15) is 4.39 Å². The van der Waals surface area contributed by atoms with E-state index in [1.165, 1.54) is 50.9 Å². The van der Waals surface area contributed by atoms with Crippen LogP contribution in [0.5, 0.6) is 0 Å². The van der Waals surface area contributed by atoms with Gasteiger partial charge in [0.1, 0.15) is 5.82 Å². The van der Waals surface area contributed by atoms with Crippen LogP contribution < -0.4 is 10.6 Å². The van der Waals surface area contributed by atoms with Gasteiger partial charge in [-0.3, -0.25) is 4.99 Å². The summed E-state index contributed by atoms with van der Waals surface area (Å²) in [7, 11) is 0. The molecule has 1 aromatic carbocycles. The Morgan fingerprint density at radius 2 is 1.81 bits per heavy atom. The fraction of sp³-hybridized carbons (Fsp3) is 0.667. The third-order valence-electron chi connectivity index (χ3n) is 5.86. The summed E-state index contributed by atoms with van der Waals surface area (Å²) in [6, 6.07) is 7.45. The molecule has 0 saturated carbocycles. The van der Waals surface area contributed by atoms with E-state index in [-0.39, 0.29) is 5.82 Å². The number of hydrogen-bond donors (Lipinski definition) is 1. The quantitative estimate of drug-likeness (QED) is 0.472. The molecule has 0 radical (unpaired) electrons. The summed E-state index contributed by atoms with van der Waals surface area (Å²) in [5.74, 6) is 0.476. The molecule has 0 aliphatic carbocycles. The third kappa shape index (κ3) is 5.83. The van der Waals surface area contributed by atoms with E-state index in [4.69, 9.17) is 5.73 Å². The molecule has 2 saturated heterocycles. The van der Waals surface area contributed by atoms with Gasteiger partial charge in [0.05, 0.1) is 0 Å². The number of guanidine groups is 1. The van der Waals surface area contributed by atoms with Gasteiger partial charge in [0.15, 0.2) is 5.96 Å². The van der Waals surface area contributed by atoms with Gasteiger partial charge in [0.2, 0.25) is 0 Å². The number of nitrogens with zero attached hydrogens (tertiary/aromatic N) is 4. The Morgan fingerprint density at radius 1 is 1.07 bits per heavy atom. The highest BCUT2D eigenvalue weighted by molar-refractivity contribution is 5.78. The molecule has 2 N–H and O–H groups in total. The predicted octanol–water partition coefficient (Wildman–Crippen LogP) is 2.92. The summed E-state index contributed by atoms with van der Waals surface area (Å²) < 4.78 is 13.1. The first kappa shape index (κ1) is 19.9. The van der Waals surface area contributed by atoms with Crippen LogP contribution in [-0.2, 0) is 0 Å². The minimum absolute atomic E-state index is 0.191. The number of benzene rings is 1. The fourth-order valence-corrected chi connectivity index (χ4v) is 4.06. The molecule has 5 nitrogen and oxygen atoms in total. The number of rotatable bonds is 6. The smallest absolute Gasteiger partial charge is 0.191 e. The molecule has 6 heteroatoms. The van der Waals surface area contributed by atoms with E-state index in [2.05, 4.69) is 26.6 Å². The van der Waals surface area contributed by atoms with Crippen LogP contribution in [0.15, 0.2) is 29.3 Å². The molecule has 0 spiro atoms. The van der Waals surface area contributed by atoms with Gasteiger partial charge in [0.25, 0.3) is 0 Å². The van der Waals surface area contributed by atoms with Crippen molar-refractivity contribution in [3.8, 4) is 0 Å². The van der Waals surface area contributed by atoms with Gasteiger partial charge in [-0.15, -0.1) is 0 Å². The normalized spacial score (nSPS) is 22.3. The van der Waals surface area contributed by atoms with Gasteiger partial charge in [-0.05, 0) is 70.0 Å². The van der Waals surface area contributed by atoms with Crippen molar-refractivity contribution in [1.29, 1.82) is 0 Å². The molecule has 2 aliphatic heterocycles. The van der Waals surface area contributed by atoms with Crippen molar-refractivity contribution in [2.24, 2.45) is 10.7 Å². The monoisotopic (exact) mass is 375 g/mol. The molecule has 27 heavy (non-hydrogen) atoms. The van der Waals surface area contributed by atoms with E-state index in [1.807, 2.05) is 12.1 Å². The molecule has 0 amide bonds. The molecule has 0 bridgehead atoms. The molecule has 2 fully saturated rings. The number of unbranched alkanes of at least 4 members (excludes halogenated alkanes) is 1. The summed E-state index contributed by atoms with van der Waals surface area (Å²) >= 11 is 0. The number of anilines is 1. The van der Waals surface area contributed by atoms with Crippen molar-refractivity contribution in [2.45, 2.75) is 45.1 Å². The number of hydrogen-bond acceptors (Lipinski definition) is 3. The van der Waals surface area contributed by atoms with E-state index < -0.39 is 0 Å². The third-order valence-corrected chi connectivity index (χ3v) is 5.86. The Morgan fingerprint density at radius 3 is 2.52 bits per heavy atom. The number of piperazine rings is 1. The highest BCUT2D eigenvalue weighted by Crippen LogP contribution is 2.18. The number of halogens is 1. The minimum Gasteiger partial charge on any atom is -0.370 e. The summed E-state index contributed by atoms with van der Waals surface area (Å²) in [4.78, 5) is 11.6. The first-order valence-electron chi connectivity index (χ1n) is 10.4. The van der Waals surface area contributed by atoms with E-state index in [0.29, 0.717) is 5.96 Å². The van der Waals surface area contributed by atoms with Crippen molar-refractivity contribution in [1.82, 2.24) is 9.80 Å². The molecule has 2 aliphatic rings. The summed E-state index contributed by atoms with van der Waals surface area (Å²) in [5.41, 5.74) is 7.26. The molecule has 150 valence electrons. The Balaban J connectivity index is 1.34. The Kier molecular flexibility index (Phi) is 7.33. The highest BCUT2D eigenvalue weighted by atomic mass is 19.1. The summed E-state index contributed by atoms with van der Waals surface area (Å²) in [6.45, 7) is 9.09. The second kappa shape index (κ2) is 9.93. The Bertz CT molecular complexity index is 595. The lowest BCUT2D eigenvalue weighted by Crippen LogP contribution is -2.51. The zero-order valence-corrected chi connectivity index (χ0v) is 16.6. The molecular formula is C21H34FN5. The molecule has 0 aromatic heterocycles. The molecular weight excluding hydrogens is 341 g/mol. The zero-order valence-electron chi connectivity index (χ0n) is 16.6. The van der Waals surface area contributed by atoms with Crippen LogP contribution in [0.2, 0.25) is 0 Å². The van der Waals surface area contributed by atoms with Crippen LogP contribution >= 0.6 is 0 Å².